The van der Waals surface area contributed by atoms with Gasteiger partial charge >= 0.3 is 0 Å². The van der Waals surface area contributed by atoms with Crippen molar-refractivity contribution in [1.82, 2.24) is 9.88 Å². The highest BCUT2D eigenvalue weighted by molar-refractivity contribution is 6.17. The van der Waals surface area contributed by atoms with Gasteiger partial charge in [-0.25, -0.2) is 9.98 Å². The molecule has 0 radical (unpaired) electrons. The molecule has 13 rings (SSSR count). The summed E-state index contributed by atoms with van der Waals surface area (Å²) in [6, 6.07) is 83.6. The summed E-state index contributed by atoms with van der Waals surface area (Å²) in [6.45, 7) is 13.7. The minimum Gasteiger partial charge on any atom is -0.456 e. The lowest BCUT2D eigenvalue weighted by Gasteiger charge is -2.26. The lowest BCUT2D eigenvalue weighted by atomic mass is 9.84. The Morgan fingerprint density at radius 1 is 0.395 bits per heavy atom. The van der Waals surface area contributed by atoms with E-state index >= 15 is 0 Å². The Bertz CT molecular complexity index is 4050. The number of nitrogens with zero attached hydrogens (tertiary/aromatic N) is 3. The van der Waals surface area contributed by atoms with Crippen molar-refractivity contribution in [1.29, 1.82) is 0 Å². The molecule has 1 unspecified atom stereocenters. The smallest absolute Gasteiger partial charge is 0.159 e. The zero-order valence-electron chi connectivity index (χ0n) is 43.8. The normalized spacial score (nSPS) is 14.1. The Hall–Kier alpha value is -9.06. The third kappa shape index (κ3) is 8.48. The van der Waals surface area contributed by atoms with E-state index in [0.717, 1.165) is 83.4 Å². The molecule has 0 amide bonds. The first-order valence-electron chi connectivity index (χ1n) is 26.4. The van der Waals surface area contributed by atoms with E-state index in [-0.39, 0.29) is 10.8 Å². The van der Waals surface area contributed by atoms with Crippen LogP contribution in [0.1, 0.15) is 75.5 Å². The molecule has 0 spiro atoms. The topological polar surface area (TPSA) is 54.8 Å². The van der Waals surface area contributed by atoms with Gasteiger partial charge in [-0.2, -0.15) is 0 Å². The van der Waals surface area contributed by atoms with Crippen LogP contribution in [0.15, 0.2) is 245 Å². The molecule has 12 aromatic rings. The standard InChI is InChI=1S/C71H58N4O/c1-70(2,3)54-33-26-47(27-34-54)58-42-53(69-73-67(49-22-14-9-15-23-49)72-68(74-69)52-30-37-57-56-24-16-17-25-64(56)76-65(57)44-52)43-59(48-28-35-55(36-29-48)71(4,5)6)66(58)75-62-38-31-50(45-18-10-7-11-19-45)40-60(62)61-41-51(32-39-63(61)75)46-20-12-8-13-21-46/h7-44,67H,1-6H3,(H,72,73,74). The molecule has 2 aromatic heterocycles. The zero-order chi connectivity index (χ0) is 51.7. The second-order valence-corrected chi connectivity index (χ2v) is 22.3. The number of hydrogen-bond acceptors (Lipinski definition) is 4. The molecule has 1 atom stereocenters. The van der Waals surface area contributed by atoms with E-state index in [0.29, 0.717) is 5.84 Å². The number of hydrogen-bond donors (Lipinski definition) is 1. The van der Waals surface area contributed by atoms with Gasteiger partial charge in [-0.15, -0.1) is 0 Å². The summed E-state index contributed by atoms with van der Waals surface area (Å²) in [4.78, 5) is 10.8. The van der Waals surface area contributed by atoms with E-state index in [1.54, 1.807) is 0 Å². The first-order valence-corrected chi connectivity index (χ1v) is 26.4. The van der Waals surface area contributed by atoms with Gasteiger partial charge in [0.2, 0.25) is 0 Å². The van der Waals surface area contributed by atoms with E-state index in [4.69, 9.17) is 14.4 Å². The summed E-state index contributed by atoms with van der Waals surface area (Å²) in [6.07, 6.45) is -0.409. The summed E-state index contributed by atoms with van der Waals surface area (Å²) < 4.78 is 8.97. The monoisotopic (exact) mass is 982 g/mol. The number of amidine groups is 2. The van der Waals surface area contributed by atoms with Gasteiger partial charge in [-0.3, -0.25) is 0 Å². The Morgan fingerprint density at radius 2 is 0.868 bits per heavy atom. The minimum absolute atomic E-state index is 0.0305. The number of aliphatic imine (C=N–C) groups is 2. The number of furan rings is 1. The number of para-hydroxylation sites is 1. The van der Waals surface area contributed by atoms with Crippen molar-refractivity contribution in [2.24, 2.45) is 9.98 Å². The summed E-state index contributed by atoms with van der Waals surface area (Å²) in [5.74, 6) is 1.37. The van der Waals surface area contributed by atoms with Gasteiger partial charge in [-0.05, 0) is 115 Å². The maximum Gasteiger partial charge on any atom is 0.159 e. The summed E-state index contributed by atoms with van der Waals surface area (Å²) in [5, 5.41) is 8.38. The fourth-order valence-corrected chi connectivity index (χ4v) is 11.0. The quantitative estimate of drug-likeness (QED) is 0.165. The number of benzene rings is 10. The van der Waals surface area contributed by atoms with Crippen LogP contribution in [0.2, 0.25) is 0 Å². The number of rotatable bonds is 8. The van der Waals surface area contributed by atoms with Crippen molar-refractivity contribution in [3.63, 3.8) is 0 Å². The number of aromatic nitrogens is 1. The molecule has 5 nitrogen and oxygen atoms in total. The average Bonchev–Trinajstić information content (AvgIpc) is 4.00. The van der Waals surface area contributed by atoms with Crippen molar-refractivity contribution >= 4 is 55.4 Å². The van der Waals surface area contributed by atoms with Crippen molar-refractivity contribution in [2.75, 3.05) is 0 Å². The van der Waals surface area contributed by atoms with Crippen molar-refractivity contribution < 1.29 is 4.42 Å². The molecule has 1 aliphatic rings. The van der Waals surface area contributed by atoms with Crippen LogP contribution in [0.4, 0.5) is 0 Å². The highest BCUT2D eigenvalue weighted by Gasteiger charge is 2.28. The van der Waals surface area contributed by atoms with Gasteiger partial charge in [0.25, 0.3) is 0 Å². The molecule has 10 aromatic carbocycles. The SMILES string of the molecule is CC(C)(C)c1ccc(-c2cc(C3=NC(c4ccc5c(c4)oc4ccccc45)=NC(c4ccccc4)N3)cc(-c3ccc(C(C)(C)C)cc3)c2-n2c3ccc(-c4ccccc4)cc3c3cc(-c4ccccc4)ccc32)cc1. The fraction of sp³-hybridized carbons (Fsp3) is 0.127. The van der Waals surface area contributed by atoms with Crippen LogP contribution in [-0.4, -0.2) is 16.2 Å². The van der Waals surface area contributed by atoms with Crippen LogP contribution in [0, 0.1) is 0 Å². The van der Waals surface area contributed by atoms with Gasteiger partial charge in [-0.1, -0.05) is 217 Å². The molecule has 0 saturated carbocycles. The Balaban J connectivity index is 1.10. The second-order valence-electron chi connectivity index (χ2n) is 22.3. The first kappa shape index (κ1) is 46.7. The molecule has 0 aliphatic carbocycles. The van der Waals surface area contributed by atoms with Gasteiger partial charge < -0.3 is 14.3 Å². The molecule has 76 heavy (non-hydrogen) atoms. The summed E-state index contributed by atoms with van der Waals surface area (Å²) in [5.41, 5.74) is 19.5. The van der Waals surface area contributed by atoms with Crippen LogP contribution < -0.4 is 5.32 Å². The fourth-order valence-electron chi connectivity index (χ4n) is 11.0. The molecular formula is C71H58N4O. The van der Waals surface area contributed by atoms with Crippen LogP contribution in [0.3, 0.4) is 0 Å². The maximum absolute atomic E-state index is 6.44. The minimum atomic E-state index is -0.409. The molecule has 0 saturated heterocycles. The zero-order valence-corrected chi connectivity index (χ0v) is 43.8. The highest BCUT2D eigenvalue weighted by Crippen LogP contribution is 2.45. The predicted octanol–water partition coefficient (Wildman–Crippen LogP) is 18.4. The van der Waals surface area contributed by atoms with Crippen LogP contribution in [0.25, 0.3) is 93.9 Å². The Labute approximate surface area is 444 Å². The molecule has 1 aliphatic heterocycles. The van der Waals surface area contributed by atoms with E-state index in [9.17, 15) is 0 Å². The van der Waals surface area contributed by atoms with Crippen LogP contribution in [0.5, 0.6) is 0 Å². The van der Waals surface area contributed by atoms with Crippen LogP contribution in [-0.2, 0) is 10.8 Å². The van der Waals surface area contributed by atoms with Crippen LogP contribution >= 0.6 is 0 Å². The van der Waals surface area contributed by atoms with Gasteiger partial charge in [0.1, 0.15) is 23.2 Å². The first-order chi connectivity index (χ1) is 36.9. The third-order valence-corrected chi connectivity index (χ3v) is 15.2. The summed E-state index contributed by atoms with van der Waals surface area (Å²) >= 11 is 0. The van der Waals surface area contributed by atoms with Gasteiger partial charge in [0, 0.05) is 43.8 Å². The molecule has 368 valence electrons. The predicted molar refractivity (Wildman–Crippen MR) is 319 cm³/mol. The van der Waals surface area contributed by atoms with E-state index in [1.165, 1.54) is 44.2 Å². The summed E-state index contributed by atoms with van der Waals surface area (Å²) in [7, 11) is 0. The molecule has 1 N–H and O–H groups in total. The lowest BCUT2D eigenvalue weighted by Crippen LogP contribution is -2.33. The number of fused-ring (bicyclic) bond motifs is 6. The van der Waals surface area contributed by atoms with Gasteiger partial charge in [0.05, 0.1) is 16.7 Å². The number of nitrogens with one attached hydrogen (secondary N) is 1. The Morgan fingerprint density at radius 3 is 1.41 bits per heavy atom. The highest BCUT2D eigenvalue weighted by atomic mass is 16.3. The lowest BCUT2D eigenvalue weighted by molar-refractivity contribution is 0.590. The van der Waals surface area contributed by atoms with Crippen molar-refractivity contribution in [3.8, 4) is 50.2 Å². The van der Waals surface area contributed by atoms with E-state index < -0.39 is 6.17 Å². The molecule has 0 fully saturated rings. The average molecular weight is 983 g/mol. The van der Waals surface area contributed by atoms with Crippen molar-refractivity contribution in [3.05, 3.63) is 258 Å². The van der Waals surface area contributed by atoms with E-state index in [1.807, 2.05) is 18.2 Å². The van der Waals surface area contributed by atoms with Crippen molar-refractivity contribution in [2.45, 2.75) is 58.5 Å². The molecular weight excluding hydrogens is 925 g/mol. The van der Waals surface area contributed by atoms with E-state index in [2.05, 4.69) is 264 Å². The van der Waals surface area contributed by atoms with Gasteiger partial charge in [0.15, 0.2) is 5.84 Å². The molecule has 3 heterocycles. The Kier molecular flexibility index (Phi) is 11.3. The second kappa shape index (κ2) is 18.4. The largest absolute Gasteiger partial charge is 0.456 e. The third-order valence-electron chi connectivity index (χ3n) is 15.2. The maximum atomic E-state index is 6.44. The molecule has 5 heteroatoms. The molecule has 0 bridgehead atoms.